The molecule has 0 saturated carbocycles. The molecule has 0 atom stereocenters. The first-order chi connectivity index (χ1) is 12.9. The summed E-state index contributed by atoms with van der Waals surface area (Å²) in [6.45, 7) is -0.351. The molecule has 0 unspecified atom stereocenters. The molecule has 9 heteroatoms. The van der Waals surface area contributed by atoms with Crippen LogP contribution in [0.5, 0.6) is 5.75 Å². The number of hydrazine groups is 1. The summed E-state index contributed by atoms with van der Waals surface area (Å²) in [5, 5.41) is 3.37. The second-order valence-electron chi connectivity index (χ2n) is 5.37. The smallest absolute Gasteiger partial charge is 0.276 e. The Morgan fingerprint density at radius 1 is 0.852 bits per heavy atom. The molecule has 0 aliphatic rings. The quantitative estimate of drug-likeness (QED) is 0.612. The average molecular weight is 410 g/mol. The molecule has 0 aliphatic heterocycles. The fourth-order valence-electron chi connectivity index (χ4n) is 1.95. The highest BCUT2D eigenvalue weighted by Gasteiger charge is 2.10. The van der Waals surface area contributed by atoms with E-state index in [1.54, 1.807) is 30.3 Å². The number of carbonyl (C=O) groups excluding carboxylic acids is 3. The van der Waals surface area contributed by atoms with Crippen molar-refractivity contribution in [1.29, 1.82) is 0 Å². The molecule has 0 aliphatic carbocycles. The van der Waals surface area contributed by atoms with Gasteiger partial charge in [-0.3, -0.25) is 25.2 Å². The predicted octanol–water partition coefficient (Wildman–Crippen LogP) is 2.94. The Morgan fingerprint density at radius 3 is 2.22 bits per heavy atom. The van der Waals surface area contributed by atoms with Crippen LogP contribution in [0.1, 0.15) is 12.8 Å². The molecular weight excluding hydrogens is 393 g/mol. The Balaban J connectivity index is 1.64. The molecule has 0 heterocycles. The third-order valence-electron chi connectivity index (χ3n) is 3.23. The lowest BCUT2D eigenvalue weighted by Crippen LogP contribution is -2.44. The number of benzene rings is 2. The Bertz CT molecular complexity index is 816. The van der Waals surface area contributed by atoms with E-state index < -0.39 is 11.8 Å². The molecule has 0 bridgehead atoms. The SMILES string of the molecule is O=C(CCC(=O)Nc1ccccc1)NNC(=O)COc1ccc(Cl)cc1Cl. The van der Waals surface area contributed by atoms with Crippen molar-refractivity contribution in [1.82, 2.24) is 10.9 Å². The number of ether oxygens (including phenoxy) is 1. The van der Waals surface area contributed by atoms with Crippen molar-refractivity contribution in [3.05, 3.63) is 58.6 Å². The van der Waals surface area contributed by atoms with Crippen LogP contribution in [0.25, 0.3) is 0 Å². The van der Waals surface area contributed by atoms with Crippen molar-refractivity contribution in [2.45, 2.75) is 12.8 Å². The minimum absolute atomic E-state index is 0.0204. The largest absolute Gasteiger partial charge is 0.482 e. The van der Waals surface area contributed by atoms with E-state index in [-0.39, 0.29) is 30.4 Å². The molecule has 3 N–H and O–H groups in total. The van der Waals surface area contributed by atoms with Crippen LogP contribution in [0, 0.1) is 0 Å². The van der Waals surface area contributed by atoms with Crippen LogP contribution in [-0.2, 0) is 14.4 Å². The van der Waals surface area contributed by atoms with Crippen LogP contribution in [0.2, 0.25) is 10.0 Å². The van der Waals surface area contributed by atoms with Gasteiger partial charge in [-0.2, -0.15) is 0 Å². The molecule has 2 aromatic carbocycles. The topological polar surface area (TPSA) is 96.5 Å². The number of carbonyl (C=O) groups is 3. The van der Waals surface area contributed by atoms with Gasteiger partial charge in [-0.1, -0.05) is 41.4 Å². The van der Waals surface area contributed by atoms with Gasteiger partial charge in [0, 0.05) is 23.6 Å². The highest BCUT2D eigenvalue weighted by molar-refractivity contribution is 6.35. The van der Waals surface area contributed by atoms with Crippen molar-refractivity contribution in [3.63, 3.8) is 0 Å². The first-order valence-corrected chi connectivity index (χ1v) is 8.70. The molecule has 0 spiro atoms. The molecule has 0 radical (unpaired) electrons. The number of rotatable bonds is 7. The standard InChI is InChI=1S/C18H17Cl2N3O4/c19-12-6-7-15(14(20)10-12)27-11-18(26)23-22-17(25)9-8-16(24)21-13-4-2-1-3-5-13/h1-7,10H,8-9,11H2,(H,21,24)(H,22,25)(H,23,26). The molecule has 0 aromatic heterocycles. The van der Waals surface area contributed by atoms with Crippen molar-refractivity contribution in [3.8, 4) is 5.75 Å². The number of amides is 3. The van der Waals surface area contributed by atoms with Crippen molar-refractivity contribution in [2.24, 2.45) is 0 Å². The summed E-state index contributed by atoms with van der Waals surface area (Å²) in [6.07, 6.45) is -0.101. The Morgan fingerprint density at radius 2 is 1.52 bits per heavy atom. The predicted molar refractivity (Wildman–Crippen MR) is 103 cm³/mol. The van der Waals surface area contributed by atoms with Gasteiger partial charge in [-0.15, -0.1) is 0 Å². The maximum atomic E-state index is 11.7. The van der Waals surface area contributed by atoms with E-state index in [0.29, 0.717) is 16.5 Å². The van der Waals surface area contributed by atoms with Crippen LogP contribution in [0.4, 0.5) is 5.69 Å². The van der Waals surface area contributed by atoms with Gasteiger partial charge in [0.1, 0.15) is 5.75 Å². The third kappa shape index (κ3) is 7.55. The molecule has 27 heavy (non-hydrogen) atoms. The highest BCUT2D eigenvalue weighted by atomic mass is 35.5. The van der Waals surface area contributed by atoms with E-state index in [0.717, 1.165) is 0 Å². The highest BCUT2D eigenvalue weighted by Crippen LogP contribution is 2.27. The molecule has 142 valence electrons. The number of hydrogen-bond donors (Lipinski definition) is 3. The lowest BCUT2D eigenvalue weighted by atomic mass is 10.2. The minimum Gasteiger partial charge on any atom is -0.482 e. The number of nitrogens with one attached hydrogen (secondary N) is 3. The molecule has 7 nitrogen and oxygen atoms in total. The van der Waals surface area contributed by atoms with E-state index in [1.165, 1.54) is 12.1 Å². The molecule has 2 rings (SSSR count). The lowest BCUT2D eigenvalue weighted by molar-refractivity contribution is -0.130. The number of anilines is 1. The second kappa shape index (κ2) is 10.4. The Hall–Kier alpha value is -2.77. The first-order valence-electron chi connectivity index (χ1n) is 7.94. The second-order valence-corrected chi connectivity index (χ2v) is 6.22. The summed E-state index contributed by atoms with van der Waals surface area (Å²) in [6, 6.07) is 13.5. The summed E-state index contributed by atoms with van der Waals surface area (Å²) in [7, 11) is 0. The zero-order valence-corrected chi connectivity index (χ0v) is 15.6. The first kappa shape index (κ1) is 20.5. The lowest BCUT2D eigenvalue weighted by Gasteiger charge is -2.10. The van der Waals surface area contributed by atoms with Gasteiger partial charge in [0.2, 0.25) is 11.8 Å². The summed E-state index contributed by atoms with van der Waals surface area (Å²) in [5.74, 6) is -1.09. The van der Waals surface area contributed by atoms with Gasteiger partial charge in [-0.05, 0) is 30.3 Å². The zero-order valence-electron chi connectivity index (χ0n) is 14.1. The minimum atomic E-state index is -0.580. The molecule has 0 fully saturated rings. The van der Waals surface area contributed by atoms with Crippen LogP contribution < -0.4 is 20.9 Å². The third-order valence-corrected chi connectivity index (χ3v) is 3.76. The van der Waals surface area contributed by atoms with E-state index in [4.69, 9.17) is 27.9 Å². The van der Waals surface area contributed by atoms with Gasteiger partial charge in [-0.25, -0.2) is 0 Å². The van der Waals surface area contributed by atoms with Crippen molar-refractivity contribution in [2.75, 3.05) is 11.9 Å². The summed E-state index contributed by atoms with van der Waals surface area (Å²) in [5.41, 5.74) is 5.05. The zero-order chi connectivity index (χ0) is 19.6. The van der Waals surface area contributed by atoms with E-state index in [2.05, 4.69) is 16.2 Å². The number of para-hydroxylation sites is 1. The Kier molecular flexibility index (Phi) is 7.91. The van der Waals surface area contributed by atoms with Gasteiger partial charge in [0.05, 0.1) is 5.02 Å². The van der Waals surface area contributed by atoms with E-state index >= 15 is 0 Å². The fourth-order valence-corrected chi connectivity index (χ4v) is 2.41. The van der Waals surface area contributed by atoms with Gasteiger partial charge >= 0.3 is 0 Å². The molecule has 0 saturated heterocycles. The molecular formula is C18H17Cl2N3O4. The van der Waals surface area contributed by atoms with Crippen LogP contribution in [0.3, 0.4) is 0 Å². The molecule has 3 amide bonds. The Labute approximate surface area is 166 Å². The molecule has 2 aromatic rings. The number of halogens is 2. The monoisotopic (exact) mass is 409 g/mol. The summed E-state index contributed by atoms with van der Waals surface area (Å²) >= 11 is 11.7. The van der Waals surface area contributed by atoms with Crippen LogP contribution in [0.15, 0.2) is 48.5 Å². The maximum Gasteiger partial charge on any atom is 0.276 e. The van der Waals surface area contributed by atoms with Gasteiger partial charge in [0.25, 0.3) is 5.91 Å². The van der Waals surface area contributed by atoms with Gasteiger partial charge in [0.15, 0.2) is 6.61 Å². The summed E-state index contributed by atoms with van der Waals surface area (Å²) in [4.78, 5) is 35.1. The number of hydrogen-bond acceptors (Lipinski definition) is 4. The van der Waals surface area contributed by atoms with Crippen LogP contribution in [-0.4, -0.2) is 24.3 Å². The normalized spacial score (nSPS) is 10.0. The van der Waals surface area contributed by atoms with E-state index in [1.807, 2.05) is 6.07 Å². The van der Waals surface area contributed by atoms with Gasteiger partial charge < -0.3 is 10.1 Å². The van der Waals surface area contributed by atoms with Crippen molar-refractivity contribution < 1.29 is 19.1 Å². The maximum absolute atomic E-state index is 11.7. The van der Waals surface area contributed by atoms with Crippen molar-refractivity contribution >= 4 is 46.6 Å². The average Bonchev–Trinajstić information content (AvgIpc) is 2.65. The summed E-state index contributed by atoms with van der Waals surface area (Å²) < 4.78 is 5.23. The fraction of sp³-hybridized carbons (Fsp3) is 0.167. The van der Waals surface area contributed by atoms with E-state index in [9.17, 15) is 14.4 Å². The van der Waals surface area contributed by atoms with Crippen LogP contribution >= 0.6 is 23.2 Å².